The number of nitrogens with zero attached hydrogens (tertiary/aromatic N) is 3. The Hall–Kier alpha value is -2.09. The van der Waals surface area contributed by atoms with Crippen molar-refractivity contribution in [3.05, 3.63) is 48.5 Å². The number of amides is 1. The Kier molecular flexibility index (Phi) is 8.54. The fourth-order valence-corrected chi connectivity index (χ4v) is 4.94. The molecule has 0 aliphatic heterocycles. The van der Waals surface area contributed by atoms with E-state index in [0.29, 0.717) is 19.6 Å². The number of hydrogen-bond donors (Lipinski definition) is 0. The molecule has 0 saturated heterocycles. The van der Waals surface area contributed by atoms with Gasteiger partial charge in [0.25, 0.3) is 0 Å². The number of thioether (sulfide) groups is 1. The van der Waals surface area contributed by atoms with Crippen LogP contribution in [0.4, 0.5) is 5.13 Å². The quantitative estimate of drug-likeness (QED) is 0.383. The van der Waals surface area contributed by atoms with Gasteiger partial charge in [-0.05, 0) is 64.3 Å². The van der Waals surface area contributed by atoms with Crippen LogP contribution in [0.25, 0.3) is 10.2 Å². The van der Waals surface area contributed by atoms with E-state index in [0.717, 1.165) is 39.8 Å². The summed E-state index contributed by atoms with van der Waals surface area (Å²) in [6.45, 7) is 4.21. The topological polar surface area (TPSA) is 45.7 Å². The average Bonchev–Trinajstić information content (AvgIpc) is 3.15. The second kappa shape index (κ2) is 11.3. The predicted octanol–water partition coefficient (Wildman–Crippen LogP) is 5.16. The molecule has 1 amide bonds. The van der Waals surface area contributed by atoms with Gasteiger partial charge in [0.1, 0.15) is 5.75 Å². The van der Waals surface area contributed by atoms with Gasteiger partial charge in [-0.15, -0.1) is 11.8 Å². The lowest BCUT2D eigenvalue weighted by Gasteiger charge is -2.21. The van der Waals surface area contributed by atoms with E-state index in [1.54, 1.807) is 23.1 Å². The molecule has 3 rings (SSSR count). The fraction of sp³-hybridized carbons (Fsp3) is 0.391. The normalized spacial score (nSPS) is 11.2. The predicted molar refractivity (Wildman–Crippen MR) is 128 cm³/mol. The number of rotatable bonds is 11. The van der Waals surface area contributed by atoms with Crippen LogP contribution in [0.3, 0.4) is 0 Å². The maximum Gasteiger partial charge on any atom is 0.229 e. The second-order valence-corrected chi connectivity index (χ2v) is 9.35. The minimum absolute atomic E-state index is 0.126. The first-order valence-corrected chi connectivity index (χ1v) is 12.0. The average molecular weight is 444 g/mol. The van der Waals surface area contributed by atoms with Crippen molar-refractivity contribution in [1.82, 2.24) is 9.88 Å². The van der Waals surface area contributed by atoms with E-state index in [-0.39, 0.29) is 5.91 Å². The Morgan fingerprint density at radius 1 is 1.13 bits per heavy atom. The van der Waals surface area contributed by atoms with E-state index in [1.165, 1.54) is 4.90 Å². The van der Waals surface area contributed by atoms with Crippen molar-refractivity contribution >= 4 is 44.4 Å². The first-order valence-electron chi connectivity index (χ1n) is 10.2. The molecule has 1 aromatic heterocycles. The van der Waals surface area contributed by atoms with E-state index in [1.807, 2.05) is 48.2 Å². The van der Waals surface area contributed by atoms with Crippen molar-refractivity contribution in [2.24, 2.45) is 0 Å². The molecular weight excluding hydrogens is 414 g/mol. The minimum atomic E-state index is 0.126. The highest BCUT2D eigenvalue weighted by atomic mass is 32.2. The minimum Gasteiger partial charge on any atom is -0.494 e. The number of aromatic nitrogens is 1. The number of ether oxygens (including phenoxy) is 1. The van der Waals surface area contributed by atoms with Crippen molar-refractivity contribution in [1.29, 1.82) is 0 Å². The molecule has 0 saturated carbocycles. The Labute approximate surface area is 187 Å². The smallest absolute Gasteiger partial charge is 0.229 e. The van der Waals surface area contributed by atoms with Gasteiger partial charge in [0.15, 0.2) is 5.13 Å². The summed E-state index contributed by atoms with van der Waals surface area (Å²) in [5.41, 5.74) is 0.905. The third-order valence-electron chi connectivity index (χ3n) is 4.51. The highest BCUT2D eigenvalue weighted by Gasteiger charge is 2.19. The molecule has 0 aliphatic carbocycles. The molecule has 0 unspecified atom stereocenters. The summed E-state index contributed by atoms with van der Waals surface area (Å²) in [6, 6.07) is 16.1. The van der Waals surface area contributed by atoms with Crippen molar-refractivity contribution in [3.8, 4) is 5.75 Å². The summed E-state index contributed by atoms with van der Waals surface area (Å²) in [4.78, 5) is 23.0. The zero-order valence-corrected chi connectivity index (χ0v) is 19.5. The number of hydrogen-bond acceptors (Lipinski definition) is 6. The molecule has 0 spiro atoms. The molecule has 30 heavy (non-hydrogen) atoms. The number of carbonyl (C=O) groups is 1. The molecule has 5 nitrogen and oxygen atoms in total. The van der Waals surface area contributed by atoms with Crippen LogP contribution in [0.2, 0.25) is 0 Å². The number of anilines is 1. The number of benzene rings is 2. The maximum atomic E-state index is 13.1. The molecule has 0 bridgehead atoms. The molecular formula is C23H29N3O2S2. The third-order valence-corrected chi connectivity index (χ3v) is 6.56. The molecule has 7 heteroatoms. The lowest BCUT2D eigenvalue weighted by Crippen LogP contribution is -2.33. The number of fused-ring (bicyclic) bond motifs is 1. The van der Waals surface area contributed by atoms with Gasteiger partial charge in [-0.1, -0.05) is 29.5 Å². The molecule has 0 fully saturated rings. The van der Waals surface area contributed by atoms with Gasteiger partial charge < -0.3 is 9.64 Å². The van der Waals surface area contributed by atoms with Crippen molar-refractivity contribution in [3.63, 3.8) is 0 Å². The zero-order chi connectivity index (χ0) is 21.3. The van der Waals surface area contributed by atoms with Crippen molar-refractivity contribution in [2.45, 2.75) is 24.7 Å². The molecule has 1 heterocycles. The van der Waals surface area contributed by atoms with E-state index in [4.69, 9.17) is 9.72 Å². The van der Waals surface area contributed by atoms with Crippen molar-refractivity contribution < 1.29 is 9.53 Å². The monoisotopic (exact) mass is 443 g/mol. The molecule has 160 valence electrons. The summed E-state index contributed by atoms with van der Waals surface area (Å²) in [6.07, 6.45) is 1.40. The van der Waals surface area contributed by atoms with Gasteiger partial charge in [0, 0.05) is 23.6 Å². The Morgan fingerprint density at radius 2 is 1.93 bits per heavy atom. The first kappa shape index (κ1) is 22.6. The van der Waals surface area contributed by atoms with E-state index >= 15 is 0 Å². The number of thiazole rings is 1. The Morgan fingerprint density at radius 3 is 2.67 bits per heavy atom. The fourth-order valence-electron chi connectivity index (χ4n) is 3.04. The molecule has 0 radical (unpaired) electrons. The Bertz CT molecular complexity index is 944. The van der Waals surface area contributed by atoms with E-state index in [2.05, 4.69) is 31.1 Å². The van der Waals surface area contributed by atoms with Crippen LogP contribution in [-0.4, -0.2) is 55.3 Å². The van der Waals surface area contributed by atoms with Gasteiger partial charge in [0.05, 0.1) is 16.8 Å². The molecule has 0 aliphatic rings. The summed E-state index contributed by atoms with van der Waals surface area (Å²) in [5, 5.41) is 0.770. The molecule has 3 aromatic rings. The van der Waals surface area contributed by atoms with Crippen LogP contribution < -0.4 is 9.64 Å². The summed E-state index contributed by atoms with van der Waals surface area (Å²) in [5.74, 6) is 1.72. The van der Waals surface area contributed by atoms with Gasteiger partial charge in [-0.2, -0.15) is 0 Å². The van der Waals surface area contributed by atoms with Gasteiger partial charge in [-0.25, -0.2) is 4.98 Å². The van der Waals surface area contributed by atoms with E-state index < -0.39 is 0 Å². The highest BCUT2D eigenvalue weighted by molar-refractivity contribution is 7.99. The van der Waals surface area contributed by atoms with Gasteiger partial charge >= 0.3 is 0 Å². The number of carbonyl (C=O) groups excluding carboxylic acids is 1. The SMILES string of the molecule is CCOc1ccc2nc(N(CCCN(C)C)C(=O)CCSc3ccccc3)sc2c1. The summed E-state index contributed by atoms with van der Waals surface area (Å²) >= 11 is 3.27. The van der Waals surface area contributed by atoms with Crippen LogP contribution in [0.5, 0.6) is 5.75 Å². The maximum absolute atomic E-state index is 13.1. The highest BCUT2D eigenvalue weighted by Crippen LogP contribution is 2.32. The summed E-state index contributed by atoms with van der Waals surface area (Å²) < 4.78 is 6.65. The largest absolute Gasteiger partial charge is 0.494 e. The Balaban J connectivity index is 1.72. The van der Waals surface area contributed by atoms with Crippen LogP contribution in [0.1, 0.15) is 19.8 Å². The summed E-state index contributed by atoms with van der Waals surface area (Å²) in [7, 11) is 4.10. The van der Waals surface area contributed by atoms with Gasteiger partial charge in [-0.3, -0.25) is 9.69 Å². The lowest BCUT2D eigenvalue weighted by atomic mass is 10.3. The van der Waals surface area contributed by atoms with Crippen LogP contribution in [-0.2, 0) is 4.79 Å². The molecule has 0 N–H and O–H groups in total. The standard InChI is InChI=1S/C23H29N3O2S2/c1-4-28-18-11-12-20-21(17-18)30-23(24-20)26(15-8-14-25(2)3)22(27)13-16-29-19-9-6-5-7-10-19/h5-7,9-12,17H,4,8,13-16H2,1-3H3. The van der Waals surface area contributed by atoms with Gasteiger partial charge in [0.2, 0.25) is 5.91 Å². The first-order chi connectivity index (χ1) is 14.6. The van der Waals surface area contributed by atoms with E-state index in [9.17, 15) is 4.79 Å². The van der Waals surface area contributed by atoms with Crippen LogP contribution >= 0.6 is 23.1 Å². The lowest BCUT2D eigenvalue weighted by molar-refractivity contribution is -0.118. The third kappa shape index (κ3) is 6.45. The molecule has 2 aromatic carbocycles. The van der Waals surface area contributed by atoms with Crippen LogP contribution in [0, 0.1) is 0 Å². The second-order valence-electron chi connectivity index (χ2n) is 7.17. The van der Waals surface area contributed by atoms with Crippen molar-refractivity contribution in [2.75, 3.05) is 44.4 Å². The molecule has 0 atom stereocenters. The zero-order valence-electron chi connectivity index (χ0n) is 17.8. The van der Waals surface area contributed by atoms with Crippen LogP contribution in [0.15, 0.2) is 53.4 Å².